The number of esters is 2. The maximum absolute atomic E-state index is 15.1. The lowest BCUT2D eigenvalue weighted by Gasteiger charge is -2.48. The SMILES string of the molecule is C=CCN(C)[C@H]1C[C@@H](C)O[C@@H](O[C@@H]2[C@@H](C)[C@H](OC(=O)Cc3ccccn3)[C@@H](C)C(=O)O[C@H](CC)[C@@]3(C)OC(=O)N(CCCCn4cnc(-c5cccc(N)c5)c4)[C@@H]3[C@@H](C)C(=O)[C@H](C)C[C@@]2(C)OC)[C@@H]1O. The minimum absolute atomic E-state index is 0.102. The Balaban J connectivity index is 1.34. The van der Waals surface area contributed by atoms with Crippen LogP contribution in [0.1, 0.15) is 93.2 Å². The van der Waals surface area contributed by atoms with Gasteiger partial charge in [-0.05, 0) is 91.1 Å². The molecule has 3 saturated heterocycles. The van der Waals surface area contributed by atoms with Gasteiger partial charge in [-0.3, -0.25) is 24.3 Å². The number of aliphatic hydroxyl groups is 1. The molecule has 0 bridgehead atoms. The highest BCUT2D eigenvalue weighted by Gasteiger charge is 2.60. The molecule has 3 aromatic rings. The van der Waals surface area contributed by atoms with Gasteiger partial charge in [0.2, 0.25) is 0 Å². The minimum atomic E-state index is -1.45. The smallest absolute Gasteiger partial charge is 0.410 e. The molecular weight excluding hydrogens is 897 g/mol. The Bertz CT molecular complexity index is 2260. The molecular formula is C53H76N6O11. The van der Waals surface area contributed by atoms with Crippen LogP contribution in [-0.4, -0.2) is 141 Å². The van der Waals surface area contributed by atoms with Crippen LogP contribution >= 0.6 is 0 Å². The van der Waals surface area contributed by atoms with Crippen molar-refractivity contribution < 1.29 is 52.7 Å². The number of cyclic esters (lactones) is 1. The van der Waals surface area contributed by atoms with Gasteiger partial charge in [0.15, 0.2) is 11.9 Å². The number of unbranched alkanes of at least 4 members (excludes halogenated alkanes) is 1. The lowest BCUT2D eigenvalue weighted by atomic mass is 9.73. The van der Waals surface area contributed by atoms with Crippen molar-refractivity contribution in [1.29, 1.82) is 0 Å². The molecule has 5 heterocycles. The van der Waals surface area contributed by atoms with Crippen molar-refractivity contribution in [1.82, 2.24) is 24.3 Å². The summed E-state index contributed by atoms with van der Waals surface area (Å²) >= 11 is 0. The molecule has 0 unspecified atom stereocenters. The summed E-state index contributed by atoms with van der Waals surface area (Å²) in [6.07, 6.45) is 2.48. The lowest BCUT2D eigenvalue weighted by molar-refractivity contribution is -0.302. The van der Waals surface area contributed by atoms with Crippen LogP contribution in [0.25, 0.3) is 11.3 Å². The van der Waals surface area contributed by atoms with Crippen molar-refractivity contribution in [2.24, 2.45) is 23.7 Å². The van der Waals surface area contributed by atoms with E-state index in [4.69, 9.17) is 34.2 Å². The van der Waals surface area contributed by atoms with E-state index in [1.165, 1.54) is 7.11 Å². The third-order valence-corrected chi connectivity index (χ3v) is 14.9. The number of Topliss-reactive ketones (excluding diaryl/α,β-unsaturated/α-hetero) is 1. The molecule has 1 aromatic carbocycles. The number of methoxy groups -OCH3 is 1. The van der Waals surface area contributed by atoms with Crippen LogP contribution in [0.4, 0.5) is 10.5 Å². The fraction of sp³-hybridized carbons (Fsp3) is 0.623. The zero-order chi connectivity index (χ0) is 51.1. The van der Waals surface area contributed by atoms with Crippen molar-refractivity contribution >= 4 is 29.5 Å². The number of benzene rings is 1. The number of hydrogen-bond acceptors (Lipinski definition) is 15. The number of nitrogens with zero attached hydrogens (tertiary/aromatic N) is 5. The first-order valence-electron chi connectivity index (χ1n) is 24.8. The number of amides is 1. The predicted octanol–water partition coefficient (Wildman–Crippen LogP) is 6.65. The molecule has 70 heavy (non-hydrogen) atoms. The van der Waals surface area contributed by atoms with E-state index in [-0.39, 0.29) is 43.7 Å². The van der Waals surface area contributed by atoms with E-state index in [0.29, 0.717) is 43.7 Å². The maximum atomic E-state index is 15.1. The fourth-order valence-corrected chi connectivity index (χ4v) is 11.1. The van der Waals surface area contributed by atoms with Crippen LogP contribution < -0.4 is 5.73 Å². The summed E-state index contributed by atoms with van der Waals surface area (Å²) in [5.41, 5.74) is 6.06. The zero-order valence-electron chi connectivity index (χ0n) is 42.7. The summed E-state index contributed by atoms with van der Waals surface area (Å²) < 4.78 is 40.7. The van der Waals surface area contributed by atoms with E-state index in [1.807, 2.05) is 74.7 Å². The first-order valence-corrected chi connectivity index (χ1v) is 24.8. The number of nitrogens with two attached hydrogens (primary N) is 1. The molecule has 0 aliphatic carbocycles. The van der Waals surface area contributed by atoms with Gasteiger partial charge in [0.25, 0.3) is 0 Å². The van der Waals surface area contributed by atoms with Crippen LogP contribution in [0, 0.1) is 23.7 Å². The second kappa shape index (κ2) is 23.4. The lowest BCUT2D eigenvalue weighted by Crippen LogP contribution is -2.61. The van der Waals surface area contributed by atoms with Crippen molar-refractivity contribution in [3.05, 3.63) is 79.5 Å². The van der Waals surface area contributed by atoms with Gasteiger partial charge in [-0.1, -0.05) is 52.0 Å². The molecule has 0 radical (unpaired) electrons. The number of aliphatic hydroxyl groups excluding tert-OH is 1. The number of nitrogen functional groups attached to an aromatic ring is 1. The number of likely N-dealkylation sites (N-methyl/N-ethyl adjacent to an activating group) is 1. The molecule has 384 valence electrons. The molecule has 17 nitrogen and oxygen atoms in total. The van der Waals surface area contributed by atoms with Crippen LogP contribution in [0.3, 0.4) is 0 Å². The van der Waals surface area contributed by atoms with Crippen LogP contribution in [0.5, 0.6) is 0 Å². The number of fused-ring (bicyclic) bond motifs is 1. The quantitative estimate of drug-likeness (QED) is 0.0507. The first-order chi connectivity index (χ1) is 33.2. The number of imidazole rings is 1. The molecule has 3 aliphatic rings. The number of rotatable bonds is 16. The number of carbonyl (C=O) groups excluding carboxylic acids is 4. The first kappa shape index (κ1) is 54.1. The van der Waals surface area contributed by atoms with Crippen LogP contribution in [0.2, 0.25) is 0 Å². The molecule has 0 saturated carbocycles. The number of ether oxygens (including phenoxy) is 6. The average molecular weight is 973 g/mol. The number of aromatic nitrogens is 3. The standard InChI is InChI=1S/C53H76N6O11/c1-12-23-57(10)41-26-33(4)66-50(45(41)62)69-48-35(6)46(68-43(60)28-39-21-14-15-22-55-39)36(7)49(63)67-42(13-2)53(9)47(34(5)44(61)32(3)29-52(48,8)65-11)59(51(64)70-53)25-17-16-24-58-30-40(56-31-58)37-19-18-20-38(54)27-37/h12,14-15,18-22,27,30-36,41-42,45-48,50,62H,1,13,16-17,23-26,28-29,54H2,2-11H3/t32-,33-,34+,35+,36-,41+,42-,45-,46+,47-,48-,50+,52-,53-/m1/s1. The number of anilines is 1. The second-order valence-electron chi connectivity index (χ2n) is 20.2. The monoisotopic (exact) mass is 973 g/mol. The number of hydrogen-bond donors (Lipinski definition) is 2. The minimum Gasteiger partial charge on any atom is -0.461 e. The highest BCUT2D eigenvalue weighted by molar-refractivity contribution is 5.85. The highest BCUT2D eigenvalue weighted by Crippen LogP contribution is 2.44. The number of carbonyl (C=O) groups is 4. The summed E-state index contributed by atoms with van der Waals surface area (Å²) in [5, 5.41) is 11.9. The van der Waals surface area contributed by atoms with Gasteiger partial charge in [-0.2, -0.15) is 0 Å². The van der Waals surface area contributed by atoms with E-state index in [1.54, 1.807) is 69.4 Å². The Hall–Kier alpha value is -5.20. The molecule has 17 heteroatoms. The molecule has 2 aromatic heterocycles. The van der Waals surface area contributed by atoms with Crippen molar-refractivity contribution in [2.45, 2.75) is 161 Å². The zero-order valence-corrected chi connectivity index (χ0v) is 42.7. The molecule has 0 spiro atoms. The maximum Gasteiger partial charge on any atom is 0.410 e. The van der Waals surface area contributed by atoms with Gasteiger partial charge in [0, 0.05) is 74.2 Å². The number of ketones is 1. The predicted molar refractivity (Wildman–Crippen MR) is 263 cm³/mol. The second-order valence-corrected chi connectivity index (χ2v) is 20.2. The van der Waals surface area contributed by atoms with E-state index in [2.05, 4.69) is 16.5 Å². The fourth-order valence-electron chi connectivity index (χ4n) is 11.1. The highest BCUT2D eigenvalue weighted by atomic mass is 16.7. The Morgan fingerprint density at radius 1 is 1.04 bits per heavy atom. The van der Waals surface area contributed by atoms with Gasteiger partial charge >= 0.3 is 18.0 Å². The molecule has 3 N–H and O–H groups in total. The van der Waals surface area contributed by atoms with Gasteiger partial charge in [-0.15, -0.1) is 6.58 Å². The normalized spacial score (nSPS) is 33.3. The van der Waals surface area contributed by atoms with Gasteiger partial charge < -0.3 is 48.7 Å². The molecule has 6 rings (SSSR count). The Morgan fingerprint density at radius 3 is 2.46 bits per heavy atom. The molecule has 1 amide bonds. The molecule has 3 aliphatic heterocycles. The van der Waals surface area contributed by atoms with Crippen LogP contribution in [-0.2, 0) is 55.8 Å². The van der Waals surface area contributed by atoms with E-state index in [9.17, 15) is 19.5 Å². The largest absolute Gasteiger partial charge is 0.461 e. The summed E-state index contributed by atoms with van der Waals surface area (Å²) in [7, 11) is 3.41. The average Bonchev–Trinajstić information content (AvgIpc) is 3.91. The van der Waals surface area contributed by atoms with Crippen LogP contribution in [0.15, 0.2) is 73.8 Å². The third kappa shape index (κ3) is 12.1. The van der Waals surface area contributed by atoms with E-state index >= 15 is 4.79 Å². The Labute approximate surface area is 413 Å². The summed E-state index contributed by atoms with van der Waals surface area (Å²) in [6, 6.07) is 11.6. The number of pyridine rings is 1. The van der Waals surface area contributed by atoms with Gasteiger partial charge in [0.05, 0.1) is 53.9 Å². The van der Waals surface area contributed by atoms with Crippen molar-refractivity contribution in [3.63, 3.8) is 0 Å². The summed E-state index contributed by atoms with van der Waals surface area (Å²) in [5.74, 6) is -4.95. The van der Waals surface area contributed by atoms with Gasteiger partial charge in [0.1, 0.15) is 24.1 Å². The Morgan fingerprint density at radius 2 is 1.79 bits per heavy atom. The Kier molecular flexibility index (Phi) is 18.1. The van der Waals surface area contributed by atoms with Gasteiger partial charge in [-0.25, -0.2) is 9.78 Å². The summed E-state index contributed by atoms with van der Waals surface area (Å²) in [6.45, 7) is 19.6. The molecule has 14 atom stereocenters. The number of aryl methyl sites for hydroxylation is 1. The third-order valence-electron chi connectivity index (χ3n) is 14.9. The molecule has 3 fully saturated rings. The summed E-state index contributed by atoms with van der Waals surface area (Å²) in [4.78, 5) is 70.5. The van der Waals surface area contributed by atoms with Crippen molar-refractivity contribution in [3.8, 4) is 11.3 Å². The van der Waals surface area contributed by atoms with E-state index in [0.717, 1.165) is 11.3 Å². The van der Waals surface area contributed by atoms with E-state index < -0.39 is 89.7 Å². The van der Waals surface area contributed by atoms with Crippen molar-refractivity contribution in [2.75, 3.05) is 33.0 Å². The topological polar surface area (TPSA) is 207 Å².